The third-order valence-corrected chi connectivity index (χ3v) is 2.70. The number of rotatable bonds is 6. The molecule has 0 saturated carbocycles. The molecule has 2 rings (SSSR count). The van der Waals surface area contributed by atoms with Gasteiger partial charge in [0.2, 0.25) is 0 Å². The van der Waals surface area contributed by atoms with Crippen LogP contribution in [0.15, 0.2) is 48.5 Å². The van der Waals surface area contributed by atoms with Crippen molar-refractivity contribution in [3.05, 3.63) is 59.7 Å². The standard InChI is InChI=1S/C15H14O5/c16-9-19-13-7-3-1-5-11(13)15(18)12-6-2-4-8-14(12)20-10-17/h1-8,16-17H,9-10H2. The molecular formula is C15H14O5. The molecule has 0 radical (unpaired) electrons. The van der Waals surface area contributed by atoms with Gasteiger partial charge in [0.1, 0.15) is 11.5 Å². The number of hydrogen-bond acceptors (Lipinski definition) is 5. The molecule has 0 bridgehead atoms. The summed E-state index contributed by atoms with van der Waals surface area (Å²) >= 11 is 0. The molecule has 2 aromatic carbocycles. The Morgan fingerprint density at radius 1 is 0.800 bits per heavy atom. The van der Waals surface area contributed by atoms with Crippen LogP contribution in [-0.4, -0.2) is 29.6 Å². The maximum Gasteiger partial charge on any atom is 0.200 e. The molecule has 20 heavy (non-hydrogen) atoms. The van der Waals surface area contributed by atoms with Crippen molar-refractivity contribution in [1.29, 1.82) is 0 Å². The van der Waals surface area contributed by atoms with Gasteiger partial charge in [-0.3, -0.25) is 4.79 Å². The first-order chi connectivity index (χ1) is 9.77. The third-order valence-electron chi connectivity index (χ3n) is 2.70. The van der Waals surface area contributed by atoms with E-state index >= 15 is 0 Å². The van der Waals surface area contributed by atoms with Crippen molar-refractivity contribution < 1.29 is 24.5 Å². The molecule has 0 spiro atoms. The van der Waals surface area contributed by atoms with E-state index in [-0.39, 0.29) is 5.78 Å². The Balaban J connectivity index is 2.41. The highest BCUT2D eigenvalue weighted by atomic mass is 16.6. The Labute approximate surface area is 116 Å². The summed E-state index contributed by atoms with van der Waals surface area (Å²) < 4.78 is 10.0. The van der Waals surface area contributed by atoms with Gasteiger partial charge in [0.25, 0.3) is 0 Å². The van der Waals surface area contributed by atoms with Crippen molar-refractivity contribution in [3.8, 4) is 11.5 Å². The van der Waals surface area contributed by atoms with Gasteiger partial charge in [-0.05, 0) is 24.3 Å². The smallest absolute Gasteiger partial charge is 0.200 e. The largest absolute Gasteiger partial charge is 0.467 e. The summed E-state index contributed by atoms with van der Waals surface area (Å²) in [5.41, 5.74) is 0.631. The summed E-state index contributed by atoms with van der Waals surface area (Å²) in [6, 6.07) is 13.2. The lowest BCUT2D eigenvalue weighted by molar-refractivity contribution is 0.0909. The van der Waals surface area contributed by atoms with Crippen LogP contribution < -0.4 is 9.47 Å². The third kappa shape index (κ3) is 2.96. The lowest BCUT2D eigenvalue weighted by Gasteiger charge is -2.11. The van der Waals surface area contributed by atoms with Crippen LogP contribution in [-0.2, 0) is 0 Å². The molecule has 0 unspecified atom stereocenters. The van der Waals surface area contributed by atoms with E-state index < -0.39 is 13.6 Å². The molecule has 0 aliphatic heterocycles. The molecule has 0 atom stereocenters. The number of hydrogen-bond donors (Lipinski definition) is 2. The molecule has 0 heterocycles. The van der Waals surface area contributed by atoms with E-state index in [1.165, 1.54) is 0 Å². The summed E-state index contributed by atoms with van der Waals surface area (Å²) in [5.74, 6) is 0.274. The molecule has 5 heteroatoms. The topological polar surface area (TPSA) is 76.0 Å². The molecule has 0 aliphatic rings. The SMILES string of the molecule is O=C(c1ccccc1OCO)c1ccccc1OCO. The van der Waals surface area contributed by atoms with Crippen LogP contribution in [0, 0.1) is 0 Å². The van der Waals surface area contributed by atoms with Gasteiger partial charge in [0.05, 0.1) is 11.1 Å². The van der Waals surface area contributed by atoms with E-state index in [1.54, 1.807) is 48.5 Å². The van der Waals surface area contributed by atoms with Crippen molar-refractivity contribution in [2.45, 2.75) is 0 Å². The lowest BCUT2D eigenvalue weighted by Crippen LogP contribution is -2.08. The highest BCUT2D eigenvalue weighted by Gasteiger charge is 2.18. The van der Waals surface area contributed by atoms with Gasteiger partial charge in [-0.25, -0.2) is 0 Å². The van der Waals surface area contributed by atoms with Crippen molar-refractivity contribution in [2.24, 2.45) is 0 Å². The quantitative estimate of drug-likeness (QED) is 0.617. The number of para-hydroxylation sites is 2. The predicted octanol–water partition coefficient (Wildman–Crippen LogP) is 1.57. The van der Waals surface area contributed by atoms with Crippen molar-refractivity contribution in [1.82, 2.24) is 0 Å². The van der Waals surface area contributed by atoms with Crippen molar-refractivity contribution in [3.63, 3.8) is 0 Å². The second-order valence-electron chi connectivity index (χ2n) is 3.87. The average molecular weight is 274 g/mol. The van der Waals surface area contributed by atoms with Gasteiger partial charge in [-0.15, -0.1) is 0 Å². The van der Waals surface area contributed by atoms with E-state index in [0.29, 0.717) is 22.6 Å². The molecule has 0 saturated heterocycles. The Bertz CT molecular complexity index is 543. The predicted molar refractivity (Wildman–Crippen MR) is 71.7 cm³/mol. The summed E-state index contributed by atoms with van der Waals surface area (Å²) in [6.45, 7) is -1.03. The summed E-state index contributed by atoms with van der Waals surface area (Å²) in [6.07, 6.45) is 0. The molecule has 2 aromatic rings. The fraction of sp³-hybridized carbons (Fsp3) is 0.133. The highest BCUT2D eigenvalue weighted by Crippen LogP contribution is 2.26. The number of carbonyl (C=O) groups excluding carboxylic acids is 1. The van der Waals surface area contributed by atoms with Gasteiger partial charge in [-0.2, -0.15) is 0 Å². The Kier molecular flexibility index (Phi) is 4.70. The minimum atomic E-state index is -0.515. The van der Waals surface area contributed by atoms with Crippen LogP contribution in [0.4, 0.5) is 0 Å². The number of carbonyl (C=O) groups is 1. The van der Waals surface area contributed by atoms with Gasteiger partial charge in [0.15, 0.2) is 19.4 Å². The Hall–Kier alpha value is -2.37. The minimum absolute atomic E-state index is 0.291. The monoisotopic (exact) mass is 274 g/mol. The second kappa shape index (κ2) is 6.70. The molecule has 2 N–H and O–H groups in total. The summed E-state index contributed by atoms with van der Waals surface area (Å²) in [7, 11) is 0. The molecule has 104 valence electrons. The first-order valence-corrected chi connectivity index (χ1v) is 5.98. The van der Waals surface area contributed by atoms with Crippen LogP contribution in [0.2, 0.25) is 0 Å². The van der Waals surface area contributed by atoms with Crippen molar-refractivity contribution >= 4 is 5.78 Å². The van der Waals surface area contributed by atoms with E-state index in [9.17, 15) is 4.79 Å². The second-order valence-corrected chi connectivity index (χ2v) is 3.87. The zero-order valence-electron chi connectivity index (χ0n) is 10.7. The zero-order valence-corrected chi connectivity index (χ0v) is 10.7. The maximum absolute atomic E-state index is 12.5. The molecule has 0 aromatic heterocycles. The minimum Gasteiger partial charge on any atom is -0.467 e. The van der Waals surface area contributed by atoms with Crippen molar-refractivity contribution in [2.75, 3.05) is 13.6 Å². The summed E-state index contributed by atoms with van der Waals surface area (Å²) in [4.78, 5) is 12.5. The first-order valence-electron chi connectivity index (χ1n) is 5.98. The lowest BCUT2D eigenvalue weighted by atomic mass is 10.0. The van der Waals surface area contributed by atoms with Crippen LogP contribution >= 0.6 is 0 Å². The molecule has 5 nitrogen and oxygen atoms in total. The maximum atomic E-state index is 12.5. The Morgan fingerprint density at radius 3 is 1.60 bits per heavy atom. The fourth-order valence-corrected chi connectivity index (χ4v) is 1.84. The Morgan fingerprint density at radius 2 is 1.20 bits per heavy atom. The molecular weight excluding hydrogens is 260 g/mol. The molecule has 0 aliphatic carbocycles. The fourth-order valence-electron chi connectivity index (χ4n) is 1.84. The van der Waals surface area contributed by atoms with Gasteiger partial charge >= 0.3 is 0 Å². The van der Waals surface area contributed by atoms with Gasteiger partial charge < -0.3 is 19.7 Å². The number of aliphatic hydroxyl groups excluding tert-OH is 2. The van der Waals surface area contributed by atoms with E-state index in [0.717, 1.165) is 0 Å². The molecule has 0 amide bonds. The highest BCUT2D eigenvalue weighted by molar-refractivity contribution is 6.12. The van der Waals surface area contributed by atoms with Gasteiger partial charge in [-0.1, -0.05) is 24.3 Å². The normalized spacial score (nSPS) is 10.1. The van der Waals surface area contributed by atoms with E-state index in [4.69, 9.17) is 19.7 Å². The number of aliphatic hydroxyl groups is 2. The van der Waals surface area contributed by atoms with Crippen LogP contribution in [0.25, 0.3) is 0 Å². The first kappa shape index (κ1) is 14.0. The molecule has 0 fully saturated rings. The number of ether oxygens (including phenoxy) is 2. The van der Waals surface area contributed by atoms with E-state index in [2.05, 4.69) is 0 Å². The summed E-state index contributed by atoms with van der Waals surface area (Å²) in [5, 5.41) is 17.7. The van der Waals surface area contributed by atoms with Crippen LogP contribution in [0.1, 0.15) is 15.9 Å². The van der Waals surface area contributed by atoms with Gasteiger partial charge in [0, 0.05) is 0 Å². The van der Waals surface area contributed by atoms with E-state index in [1.807, 2.05) is 0 Å². The number of benzene rings is 2. The van der Waals surface area contributed by atoms with Crippen LogP contribution in [0.3, 0.4) is 0 Å². The number of ketones is 1. The zero-order chi connectivity index (χ0) is 14.4. The average Bonchev–Trinajstić information content (AvgIpc) is 2.48. The van der Waals surface area contributed by atoms with Crippen LogP contribution in [0.5, 0.6) is 11.5 Å².